The van der Waals surface area contributed by atoms with Gasteiger partial charge in [0.2, 0.25) is 0 Å². The summed E-state index contributed by atoms with van der Waals surface area (Å²) >= 11 is 0. The minimum absolute atomic E-state index is 0.345. The molecule has 0 aliphatic rings. The second-order valence-corrected chi connectivity index (χ2v) is 5.14. The maximum Gasteiger partial charge on any atom is 0.0476 e. The van der Waals surface area contributed by atoms with Gasteiger partial charge in [-0.05, 0) is 36.6 Å². The van der Waals surface area contributed by atoms with Crippen LogP contribution in [0, 0.1) is 0 Å². The topological polar surface area (TPSA) is 21.3 Å². The number of hydrogen-bond acceptors (Lipinski definition) is 2. The van der Waals surface area contributed by atoms with Gasteiger partial charge in [0.1, 0.15) is 0 Å². The molecule has 1 N–H and O–H groups in total. The van der Waals surface area contributed by atoms with Crippen LogP contribution in [0.4, 0.5) is 0 Å². The fraction of sp³-hybridized carbons (Fsp3) is 0.412. The van der Waals surface area contributed by atoms with E-state index in [1.165, 1.54) is 16.3 Å². The predicted molar refractivity (Wildman–Crippen MR) is 81.5 cm³/mol. The molecule has 2 unspecified atom stereocenters. The summed E-state index contributed by atoms with van der Waals surface area (Å²) in [6.07, 6.45) is 1.03. The van der Waals surface area contributed by atoms with E-state index in [2.05, 4.69) is 61.6 Å². The maximum absolute atomic E-state index is 5.13. The van der Waals surface area contributed by atoms with Gasteiger partial charge in [-0.3, -0.25) is 0 Å². The number of benzene rings is 2. The third-order valence-electron chi connectivity index (χ3n) is 3.58. The summed E-state index contributed by atoms with van der Waals surface area (Å²) in [4.78, 5) is 0. The van der Waals surface area contributed by atoms with E-state index in [0.29, 0.717) is 12.1 Å². The molecule has 0 radical (unpaired) electrons. The molecule has 0 fully saturated rings. The highest BCUT2D eigenvalue weighted by Gasteiger charge is 2.11. The Morgan fingerprint density at radius 1 is 1.05 bits per heavy atom. The van der Waals surface area contributed by atoms with Crippen LogP contribution in [0.3, 0.4) is 0 Å². The molecule has 2 aromatic carbocycles. The number of rotatable bonds is 6. The molecule has 2 atom stereocenters. The lowest BCUT2D eigenvalue weighted by Crippen LogP contribution is -2.30. The van der Waals surface area contributed by atoms with Crippen molar-refractivity contribution in [3.63, 3.8) is 0 Å². The van der Waals surface area contributed by atoms with E-state index < -0.39 is 0 Å². The summed E-state index contributed by atoms with van der Waals surface area (Å²) in [6, 6.07) is 15.9. The SMILES string of the molecule is COCCC(C)NC(C)c1cccc2ccccc12. The standard InChI is InChI=1S/C17H23NO/c1-13(11-12-19-3)18-14(2)16-10-6-8-15-7-4-5-9-17(15)16/h4-10,13-14,18H,11-12H2,1-3H3. The molecule has 0 aliphatic carbocycles. The van der Waals surface area contributed by atoms with E-state index in [9.17, 15) is 0 Å². The summed E-state index contributed by atoms with van der Waals surface area (Å²) in [5.74, 6) is 0. The van der Waals surface area contributed by atoms with Gasteiger partial charge in [0, 0.05) is 25.8 Å². The van der Waals surface area contributed by atoms with Gasteiger partial charge < -0.3 is 10.1 Å². The molecule has 0 saturated carbocycles. The predicted octanol–water partition coefficient (Wildman–Crippen LogP) is 3.92. The highest BCUT2D eigenvalue weighted by molar-refractivity contribution is 5.86. The maximum atomic E-state index is 5.13. The van der Waals surface area contributed by atoms with Crippen LogP contribution in [0.2, 0.25) is 0 Å². The quantitative estimate of drug-likeness (QED) is 0.847. The summed E-state index contributed by atoms with van der Waals surface area (Å²) in [5.41, 5.74) is 1.36. The summed E-state index contributed by atoms with van der Waals surface area (Å²) in [6.45, 7) is 5.24. The van der Waals surface area contributed by atoms with Gasteiger partial charge in [0.15, 0.2) is 0 Å². The van der Waals surface area contributed by atoms with Crippen molar-refractivity contribution >= 4 is 10.8 Å². The van der Waals surface area contributed by atoms with Gasteiger partial charge in [0.05, 0.1) is 0 Å². The second-order valence-electron chi connectivity index (χ2n) is 5.14. The molecule has 0 amide bonds. The van der Waals surface area contributed by atoms with Gasteiger partial charge in [-0.1, -0.05) is 42.5 Å². The van der Waals surface area contributed by atoms with Crippen LogP contribution in [0.25, 0.3) is 10.8 Å². The fourth-order valence-electron chi connectivity index (χ4n) is 2.52. The Hall–Kier alpha value is -1.38. The number of nitrogens with one attached hydrogen (secondary N) is 1. The highest BCUT2D eigenvalue weighted by Crippen LogP contribution is 2.24. The van der Waals surface area contributed by atoms with Crippen LogP contribution in [0.15, 0.2) is 42.5 Å². The largest absolute Gasteiger partial charge is 0.385 e. The average molecular weight is 257 g/mol. The fourth-order valence-corrected chi connectivity index (χ4v) is 2.52. The van der Waals surface area contributed by atoms with Gasteiger partial charge in [-0.25, -0.2) is 0 Å². The first kappa shape index (κ1) is 14.0. The van der Waals surface area contributed by atoms with Crippen LogP contribution in [0.1, 0.15) is 31.9 Å². The minimum Gasteiger partial charge on any atom is -0.385 e. The molecule has 0 bridgehead atoms. The Morgan fingerprint density at radius 3 is 2.58 bits per heavy atom. The summed E-state index contributed by atoms with van der Waals surface area (Å²) < 4.78 is 5.13. The minimum atomic E-state index is 0.345. The van der Waals surface area contributed by atoms with Crippen molar-refractivity contribution in [2.75, 3.05) is 13.7 Å². The third-order valence-corrected chi connectivity index (χ3v) is 3.58. The van der Waals surface area contributed by atoms with Crippen LogP contribution in [0.5, 0.6) is 0 Å². The van der Waals surface area contributed by atoms with Gasteiger partial charge in [0.25, 0.3) is 0 Å². The third kappa shape index (κ3) is 3.55. The van der Waals surface area contributed by atoms with Crippen LogP contribution < -0.4 is 5.32 Å². The van der Waals surface area contributed by atoms with E-state index >= 15 is 0 Å². The monoisotopic (exact) mass is 257 g/mol. The smallest absolute Gasteiger partial charge is 0.0476 e. The van der Waals surface area contributed by atoms with Crippen LogP contribution in [-0.4, -0.2) is 19.8 Å². The van der Waals surface area contributed by atoms with E-state index in [1.54, 1.807) is 7.11 Å². The summed E-state index contributed by atoms with van der Waals surface area (Å²) in [5, 5.41) is 6.28. The zero-order valence-electron chi connectivity index (χ0n) is 12.0. The van der Waals surface area contributed by atoms with Crippen molar-refractivity contribution in [1.82, 2.24) is 5.32 Å². The molecule has 0 spiro atoms. The molecule has 2 nitrogen and oxygen atoms in total. The first-order valence-electron chi connectivity index (χ1n) is 6.95. The lowest BCUT2D eigenvalue weighted by Gasteiger charge is -2.21. The first-order chi connectivity index (χ1) is 9.22. The Bertz CT molecular complexity index is 518. The Balaban J connectivity index is 2.15. The molecule has 2 aromatic rings. The van der Waals surface area contributed by atoms with Crippen molar-refractivity contribution < 1.29 is 4.74 Å². The lowest BCUT2D eigenvalue weighted by atomic mass is 9.99. The van der Waals surface area contributed by atoms with E-state index in [1.807, 2.05) is 0 Å². The molecule has 0 aromatic heterocycles. The zero-order chi connectivity index (χ0) is 13.7. The molecule has 2 rings (SSSR count). The first-order valence-corrected chi connectivity index (χ1v) is 6.95. The van der Waals surface area contributed by atoms with E-state index in [4.69, 9.17) is 4.74 Å². The highest BCUT2D eigenvalue weighted by atomic mass is 16.5. The molecule has 102 valence electrons. The molecular weight excluding hydrogens is 234 g/mol. The number of methoxy groups -OCH3 is 1. The van der Waals surface area contributed by atoms with Crippen molar-refractivity contribution in [2.24, 2.45) is 0 Å². The number of ether oxygens (including phenoxy) is 1. The second kappa shape index (κ2) is 6.69. The molecule has 0 saturated heterocycles. The van der Waals surface area contributed by atoms with Crippen molar-refractivity contribution in [3.8, 4) is 0 Å². The molecule has 19 heavy (non-hydrogen) atoms. The van der Waals surface area contributed by atoms with Crippen molar-refractivity contribution in [2.45, 2.75) is 32.4 Å². The van der Waals surface area contributed by atoms with Crippen LogP contribution in [-0.2, 0) is 4.74 Å². The van der Waals surface area contributed by atoms with E-state index in [0.717, 1.165) is 13.0 Å². The number of fused-ring (bicyclic) bond motifs is 1. The molecule has 0 heterocycles. The van der Waals surface area contributed by atoms with Gasteiger partial charge >= 0.3 is 0 Å². The summed E-state index contributed by atoms with van der Waals surface area (Å²) in [7, 11) is 1.75. The number of hydrogen-bond donors (Lipinski definition) is 1. The average Bonchev–Trinajstić information content (AvgIpc) is 2.44. The van der Waals surface area contributed by atoms with Crippen molar-refractivity contribution in [1.29, 1.82) is 0 Å². The van der Waals surface area contributed by atoms with Gasteiger partial charge in [-0.2, -0.15) is 0 Å². The Morgan fingerprint density at radius 2 is 1.79 bits per heavy atom. The molecular formula is C17H23NO. The molecule has 2 heteroatoms. The van der Waals surface area contributed by atoms with Crippen LogP contribution >= 0.6 is 0 Å². The lowest BCUT2D eigenvalue weighted by molar-refractivity contribution is 0.183. The Kier molecular flexibility index (Phi) is 4.94. The van der Waals surface area contributed by atoms with Crippen molar-refractivity contribution in [3.05, 3.63) is 48.0 Å². The van der Waals surface area contributed by atoms with Gasteiger partial charge in [-0.15, -0.1) is 0 Å². The zero-order valence-corrected chi connectivity index (χ0v) is 12.0. The Labute approximate surface area is 115 Å². The normalized spacial score (nSPS) is 14.5. The molecule has 0 aliphatic heterocycles. The van der Waals surface area contributed by atoms with E-state index in [-0.39, 0.29) is 0 Å².